The molecule has 8 atom stereocenters. The Labute approximate surface area is 210 Å². The quantitative estimate of drug-likeness (QED) is 0.622. The molecule has 0 amide bonds. The molecule has 1 saturated carbocycles. The number of nitrogens with zero attached hydrogens (tertiary/aromatic N) is 3. The highest BCUT2D eigenvalue weighted by Gasteiger charge is 2.76. The smallest absolute Gasteiger partial charge is 0.171 e. The second-order valence-corrected chi connectivity index (χ2v) is 12.3. The fraction of sp³-hybridized carbons (Fsp3) is 0.586. The maximum Gasteiger partial charge on any atom is 0.171 e. The number of halogens is 1. The molecule has 1 aromatic carbocycles. The SMILES string of the molecule is CN(C)[C@H]1C[C@@]23CC[C@@]4(O2)C(=CC[C@]2(C)C(c5ccc6ccnnc6c5)=CCC24)CC3(F)[C@@H](O)[C@@H]1O. The molecular formula is C29H34FN3O3. The predicted octanol–water partition coefficient (Wildman–Crippen LogP) is 3.83. The van der Waals surface area contributed by atoms with Crippen LogP contribution in [-0.2, 0) is 4.74 Å². The molecule has 3 fully saturated rings. The van der Waals surface area contributed by atoms with Gasteiger partial charge in [0.1, 0.15) is 11.7 Å². The first-order chi connectivity index (χ1) is 17.1. The Hall–Kier alpha value is -2.19. The predicted molar refractivity (Wildman–Crippen MR) is 135 cm³/mol. The van der Waals surface area contributed by atoms with Gasteiger partial charge in [0.05, 0.1) is 23.4 Å². The van der Waals surface area contributed by atoms with Crippen molar-refractivity contribution in [1.82, 2.24) is 15.1 Å². The lowest BCUT2D eigenvalue weighted by molar-refractivity contribution is -0.282. The van der Waals surface area contributed by atoms with Crippen LogP contribution < -0.4 is 0 Å². The second-order valence-electron chi connectivity index (χ2n) is 12.3. The molecule has 2 bridgehead atoms. The summed E-state index contributed by atoms with van der Waals surface area (Å²) in [4.78, 5) is 1.89. The van der Waals surface area contributed by atoms with Crippen LogP contribution in [0.3, 0.4) is 0 Å². The summed E-state index contributed by atoms with van der Waals surface area (Å²) in [6.07, 6.45) is 7.13. The van der Waals surface area contributed by atoms with E-state index in [1.54, 1.807) is 6.20 Å². The van der Waals surface area contributed by atoms with Gasteiger partial charge in [0.15, 0.2) is 5.67 Å². The normalized spacial score (nSPS) is 45.2. The van der Waals surface area contributed by atoms with E-state index in [0.29, 0.717) is 12.8 Å². The van der Waals surface area contributed by atoms with E-state index >= 15 is 4.39 Å². The van der Waals surface area contributed by atoms with Crippen molar-refractivity contribution in [2.75, 3.05) is 14.1 Å². The third kappa shape index (κ3) is 2.65. The van der Waals surface area contributed by atoms with Crippen LogP contribution >= 0.6 is 0 Å². The summed E-state index contributed by atoms with van der Waals surface area (Å²) in [7, 11) is 3.75. The molecule has 2 N–H and O–H groups in total. The van der Waals surface area contributed by atoms with E-state index in [-0.39, 0.29) is 23.8 Å². The Balaban J connectivity index is 1.29. The lowest BCUT2D eigenvalue weighted by atomic mass is 9.56. The van der Waals surface area contributed by atoms with Crippen LogP contribution in [0.1, 0.15) is 51.0 Å². The first kappa shape index (κ1) is 23.0. The molecule has 2 saturated heterocycles. The molecule has 36 heavy (non-hydrogen) atoms. The number of alkyl halides is 1. The van der Waals surface area contributed by atoms with Crippen LogP contribution in [0, 0.1) is 11.3 Å². The van der Waals surface area contributed by atoms with Gasteiger partial charge in [-0.15, -0.1) is 0 Å². The maximum atomic E-state index is 16.9. The largest absolute Gasteiger partial charge is 0.389 e. The van der Waals surface area contributed by atoms with Gasteiger partial charge in [-0.3, -0.25) is 0 Å². The molecule has 7 heteroatoms. The Morgan fingerprint density at radius 2 is 1.97 bits per heavy atom. The van der Waals surface area contributed by atoms with E-state index in [2.05, 4.69) is 47.5 Å². The van der Waals surface area contributed by atoms with Crippen molar-refractivity contribution in [1.29, 1.82) is 0 Å². The molecule has 6 nitrogen and oxygen atoms in total. The summed E-state index contributed by atoms with van der Waals surface area (Å²) in [5.74, 6) is 0.197. The van der Waals surface area contributed by atoms with Crippen molar-refractivity contribution < 1.29 is 19.3 Å². The monoisotopic (exact) mass is 491 g/mol. The molecule has 2 spiro atoms. The number of likely N-dealkylation sites (N-methyl/N-ethyl adjacent to an activating group) is 1. The zero-order chi connectivity index (χ0) is 25.1. The van der Waals surface area contributed by atoms with Crippen LogP contribution in [-0.4, -0.2) is 74.5 Å². The van der Waals surface area contributed by atoms with Crippen LogP contribution in [0.2, 0.25) is 0 Å². The molecule has 3 heterocycles. The fourth-order valence-electron chi connectivity index (χ4n) is 8.58. The Morgan fingerprint density at radius 3 is 2.78 bits per heavy atom. The molecule has 7 rings (SSSR count). The van der Waals surface area contributed by atoms with Crippen molar-refractivity contribution in [3.8, 4) is 0 Å². The number of allylic oxidation sites excluding steroid dienone is 3. The lowest BCUT2D eigenvalue weighted by Gasteiger charge is -2.61. The summed E-state index contributed by atoms with van der Waals surface area (Å²) < 4.78 is 23.9. The van der Waals surface area contributed by atoms with E-state index in [4.69, 9.17) is 4.74 Å². The molecule has 3 aliphatic carbocycles. The van der Waals surface area contributed by atoms with Gasteiger partial charge in [-0.1, -0.05) is 31.2 Å². The molecule has 5 aliphatic rings. The van der Waals surface area contributed by atoms with Gasteiger partial charge in [0.25, 0.3) is 0 Å². The minimum Gasteiger partial charge on any atom is -0.389 e. The minimum absolute atomic E-state index is 0.138. The second kappa shape index (κ2) is 7.22. The zero-order valence-corrected chi connectivity index (χ0v) is 21.1. The van der Waals surface area contributed by atoms with Gasteiger partial charge in [-0.25, -0.2) is 4.39 Å². The number of hydrogen-bond acceptors (Lipinski definition) is 6. The van der Waals surface area contributed by atoms with E-state index in [9.17, 15) is 10.2 Å². The van der Waals surface area contributed by atoms with Gasteiger partial charge in [0.2, 0.25) is 0 Å². The molecule has 2 aromatic rings. The van der Waals surface area contributed by atoms with Crippen LogP contribution in [0.15, 0.2) is 48.2 Å². The standard InChI is InChI=1S/C29H34FN3O3/c1-26-10-8-19-15-29(30)25(35)24(34)22(33(2)3)16-27(29)11-12-28(19,36-27)23(26)7-6-20(26)18-5-4-17-9-13-31-32-21(17)14-18/h4-6,8-9,13-14,22-25,34-35H,7,10-12,15-16H2,1-3H3/t22-,23?,24+,25-,26+,27+,28+,29?/m0/s1. The highest BCUT2D eigenvalue weighted by molar-refractivity contribution is 5.84. The van der Waals surface area contributed by atoms with Crippen LogP contribution in [0.5, 0.6) is 0 Å². The fourth-order valence-corrected chi connectivity index (χ4v) is 8.58. The molecule has 190 valence electrons. The third-order valence-electron chi connectivity index (χ3n) is 10.5. The average Bonchev–Trinajstić information content (AvgIpc) is 3.40. The Bertz CT molecular complexity index is 1330. The van der Waals surface area contributed by atoms with E-state index in [1.165, 1.54) is 5.57 Å². The van der Waals surface area contributed by atoms with Gasteiger partial charge in [-0.2, -0.15) is 10.2 Å². The number of aliphatic hydroxyl groups excluding tert-OH is 2. The summed E-state index contributed by atoms with van der Waals surface area (Å²) in [6.45, 7) is 2.33. The first-order valence-electron chi connectivity index (χ1n) is 13.2. The van der Waals surface area contributed by atoms with Crippen molar-refractivity contribution in [3.63, 3.8) is 0 Å². The number of ether oxygens (including phenoxy) is 1. The molecule has 1 aromatic heterocycles. The summed E-state index contributed by atoms with van der Waals surface area (Å²) in [5, 5.41) is 31.4. The van der Waals surface area contributed by atoms with E-state index in [1.807, 2.05) is 25.1 Å². The first-order valence-corrected chi connectivity index (χ1v) is 13.2. The number of rotatable bonds is 2. The van der Waals surface area contributed by atoms with Crippen molar-refractivity contribution in [2.45, 2.75) is 80.6 Å². The molecule has 2 unspecified atom stereocenters. The topological polar surface area (TPSA) is 78.7 Å². The highest BCUT2D eigenvalue weighted by Crippen LogP contribution is 2.70. The minimum atomic E-state index is -1.98. The number of benzene rings is 1. The highest BCUT2D eigenvalue weighted by atomic mass is 19.1. The van der Waals surface area contributed by atoms with Crippen molar-refractivity contribution in [2.24, 2.45) is 11.3 Å². The number of aliphatic hydroxyl groups is 2. The number of aromatic nitrogens is 2. The van der Waals surface area contributed by atoms with Crippen molar-refractivity contribution in [3.05, 3.63) is 53.8 Å². The van der Waals surface area contributed by atoms with Crippen LogP contribution in [0.4, 0.5) is 4.39 Å². The molecule has 0 radical (unpaired) electrons. The summed E-state index contributed by atoms with van der Waals surface area (Å²) in [5.41, 5.74) is 0.584. The van der Waals surface area contributed by atoms with Crippen molar-refractivity contribution >= 4 is 16.5 Å². The Morgan fingerprint density at radius 1 is 1.14 bits per heavy atom. The number of fused-ring (bicyclic) bond motifs is 2. The molecular weight excluding hydrogens is 457 g/mol. The molecule has 2 aliphatic heterocycles. The lowest BCUT2D eigenvalue weighted by Crippen LogP contribution is -2.73. The summed E-state index contributed by atoms with van der Waals surface area (Å²) >= 11 is 0. The van der Waals surface area contributed by atoms with Crippen LogP contribution in [0.25, 0.3) is 16.5 Å². The maximum absolute atomic E-state index is 16.9. The van der Waals surface area contributed by atoms with E-state index in [0.717, 1.165) is 41.3 Å². The Kier molecular flexibility index (Phi) is 4.61. The summed E-state index contributed by atoms with van der Waals surface area (Å²) in [6, 6.07) is 8.03. The van der Waals surface area contributed by atoms with E-state index < -0.39 is 29.1 Å². The van der Waals surface area contributed by atoms with Gasteiger partial charge in [0, 0.05) is 29.2 Å². The van der Waals surface area contributed by atoms with Gasteiger partial charge in [-0.05, 0) is 75.0 Å². The third-order valence-corrected chi connectivity index (χ3v) is 10.5. The van der Waals surface area contributed by atoms with Gasteiger partial charge < -0.3 is 19.8 Å². The van der Waals surface area contributed by atoms with Gasteiger partial charge >= 0.3 is 0 Å². The average molecular weight is 492 g/mol. The number of hydrogen-bond donors (Lipinski definition) is 2. The zero-order valence-electron chi connectivity index (χ0n) is 21.1.